The number of benzene rings is 2. The molecule has 3 N–H and O–H groups in total. The van der Waals surface area contributed by atoms with Gasteiger partial charge < -0.3 is 20.9 Å². The van der Waals surface area contributed by atoms with Crippen LogP contribution in [0.25, 0.3) is 0 Å². The van der Waals surface area contributed by atoms with Crippen molar-refractivity contribution in [2.24, 2.45) is 0 Å². The Hall–Kier alpha value is -3.02. The van der Waals surface area contributed by atoms with Gasteiger partial charge in [0.2, 0.25) is 0 Å². The van der Waals surface area contributed by atoms with Crippen molar-refractivity contribution in [3.63, 3.8) is 0 Å². The number of amides is 3. The highest BCUT2D eigenvalue weighted by Crippen LogP contribution is 2.27. The molecule has 0 saturated carbocycles. The molecule has 1 saturated heterocycles. The first-order valence-corrected chi connectivity index (χ1v) is 10.4. The van der Waals surface area contributed by atoms with Crippen LogP contribution in [0.15, 0.2) is 48.5 Å². The zero-order valence-corrected chi connectivity index (χ0v) is 17.2. The quantitative estimate of drug-likeness (QED) is 0.661. The molecule has 6 nitrogen and oxygen atoms in total. The van der Waals surface area contributed by atoms with Crippen molar-refractivity contribution in [2.75, 3.05) is 23.3 Å². The summed E-state index contributed by atoms with van der Waals surface area (Å²) in [5, 5.41) is 8.73. The van der Waals surface area contributed by atoms with Gasteiger partial charge in [-0.3, -0.25) is 4.79 Å². The Morgan fingerprint density at radius 3 is 2.48 bits per heavy atom. The van der Waals surface area contributed by atoms with Crippen LogP contribution in [0.3, 0.4) is 0 Å². The number of urea groups is 1. The SMILES string of the molecule is CC[C@H](C)NC(=O)c1cc(NC(=O)NCc2ccccc2)ccc1N1CCCC1. The van der Waals surface area contributed by atoms with Gasteiger partial charge in [-0.15, -0.1) is 0 Å². The summed E-state index contributed by atoms with van der Waals surface area (Å²) >= 11 is 0. The molecule has 1 atom stereocenters. The second kappa shape index (κ2) is 9.96. The van der Waals surface area contributed by atoms with Gasteiger partial charge in [0.15, 0.2) is 0 Å². The lowest BCUT2D eigenvalue weighted by molar-refractivity contribution is 0.0939. The largest absolute Gasteiger partial charge is 0.371 e. The van der Waals surface area contributed by atoms with Crippen molar-refractivity contribution in [1.82, 2.24) is 10.6 Å². The van der Waals surface area contributed by atoms with Crippen molar-refractivity contribution in [1.29, 1.82) is 0 Å². The van der Waals surface area contributed by atoms with Gasteiger partial charge in [0.25, 0.3) is 5.91 Å². The van der Waals surface area contributed by atoms with Crippen LogP contribution in [0, 0.1) is 0 Å². The third-order valence-electron chi connectivity index (χ3n) is 5.23. The molecular formula is C23H30N4O2. The summed E-state index contributed by atoms with van der Waals surface area (Å²) in [4.78, 5) is 27.4. The van der Waals surface area contributed by atoms with E-state index in [0.29, 0.717) is 17.8 Å². The predicted molar refractivity (Wildman–Crippen MR) is 117 cm³/mol. The zero-order chi connectivity index (χ0) is 20.6. The first-order valence-electron chi connectivity index (χ1n) is 10.4. The van der Waals surface area contributed by atoms with Gasteiger partial charge in [-0.2, -0.15) is 0 Å². The Kier molecular flexibility index (Phi) is 7.11. The Morgan fingerprint density at radius 2 is 1.79 bits per heavy atom. The van der Waals surface area contributed by atoms with E-state index in [1.807, 2.05) is 56.3 Å². The molecule has 1 aliphatic rings. The van der Waals surface area contributed by atoms with Crippen molar-refractivity contribution < 1.29 is 9.59 Å². The van der Waals surface area contributed by atoms with Crippen molar-refractivity contribution in [3.8, 4) is 0 Å². The molecule has 29 heavy (non-hydrogen) atoms. The summed E-state index contributed by atoms with van der Waals surface area (Å²) in [6, 6.07) is 15.1. The van der Waals surface area contributed by atoms with Crippen LogP contribution in [0.5, 0.6) is 0 Å². The van der Waals surface area contributed by atoms with E-state index < -0.39 is 0 Å². The minimum Gasteiger partial charge on any atom is -0.371 e. The average molecular weight is 395 g/mol. The second-order valence-electron chi connectivity index (χ2n) is 7.50. The molecule has 1 aliphatic heterocycles. The highest BCUT2D eigenvalue weighted by atomic mass is 16.2. The van der Waals surface area contributed by atoms with Crippen LogP contribution in [0.4, 0.5) is 16.2 Å². The van der Waals surface area contributed by atoms with E-state index in [-0.39, 0.29) is 18.0 Å². The van der Waals surface area contributed by atoms with E-state index in [1.165, 1.54) is 0 Å². The first kappa shape index (κ1) is 20.7. The normalized spacial score (nSPS) is 14.3. The molecule has 3 amide bonds. The van der Waals surface area contributed by atoms with Gasteiger partial charge >= 0.3 is 6.03 Å². The molecule has 2 aromatic carbocycles. The molecule has 0 bridgehead atoms. The van der Waals surface area contributed by atoms with Gasteiger partial charge in [-0.05, 0) is 49.9 Å². The van der Waals surface area contributed by atoms with Crippen LogP contribution in [0.2, 0.25) is 0 Å². The highest BCUT2D eigenvalue weighted by Gasteiger charge is 2.21. The van der Waals surface area contributed by atoms with Crippen molar-refractivity contribution >= 4 is 23.3 Å². The van der Waals surface area contributed by atoms with Gasteiger partial charge in [0.1, 0.15) is 0 Å². The summed E-state index contributed by atoms with van der Waals surface area (Å²) in [6.07, 6.45) is 3.13. The molecule has 154 valence electrons. The maximum atomic E-state index is 12.9. The molecule has 0 unspecified atom stereocenters. The third kappa shape index (κ3) is 5.73. The summed E-state index contributed by atoms with van der Waals surface area (Å²) in [6.45, 7) is 6.38. The first-order chi connectivity index (χ1) is 14.1. The second-order valence-corrected chi connectivity index (χ2v) is 7.50. The van der Waals surface area contributed by atoms with Gasteiger partial charge in [-0.1, -0.05) is 37.3 Å². The van der Waals surface area contributed by atoms with Crippen LogP contribution in [-0.2, 0) is 6.54 Å². The van der Waals surface area contributed by atoms with E-state index >= 15 is 0 Å². The molecular weight excluding hydrogens is 364 g/mol. The Balaban J connectivity index is 1.72. The van der Waals surface area contributed by atoms with Gasteiger partial charge in [0.05, 0.1) is 5.56 Å². The molecule has 1 heterocycles. The molecule has 0 radical (unpaired) electrons. The number of carbonyl (C=O) groups excluding carboxylic acids is 2. The number of hydrogen-bond acceptors (Lipinski definition) is 3. The maximum Gasteiger partial charge on any atom is 0.319 e. The fourth-order valence-electron chi connectivity index (χ4n) is 3.39. The molecule has 1 fully saturated rings. The Morgan fingerprint density at radius 1 is 1.07 bits per heavy atom. The number of anilines is 2. The summed E-state index contributed by atoms with van der Waals surface area (Å²) in [7, 11) is 0. The number of nitrogens with one attached hydrogen (secondary N) is 3. The summed E-state index contributed by atoms with van der Waals surface area (Å²) in [5.74, 6) is -0.102. The fraction of sp³-hybridized carbons (Fsp3) is 0.391. The smallest absolute Gasteiger partial charge is 0.319 e. The topological polar surface area (TPSA) is 73.5 Å². The molecule has 3 rings (SSSR count). The monoisotopic (exact) mass is 394 g/mol. The van der Waals surface area contributed by atoms with Crippen molar-refractivity contribution in [3.05, 3.63) is 59.7 Å². The number of nitrogens with zero attached hydrogens (tertiary/aromatic N) is 1. The van der Waals surface area contributed by atoms with Crippen LogP contribution in [0.1, 0.15) is 49.0 Å². The molecule has 2 aromatic rings. The summed E-state index contributed by atoms with van der Waals surface area (Å²) < 4.78 is 0. The van der Waals surface area contributed by atoms with Crippen LogP contribution < -0.4 is 20.9 Å². The minimum atomic E-state index is -0.295. The molecule has 0 aliphatic carbocycles. The molecule has 6 heteroatoms. The lowest BCUT2D eigenvalue weighted by Crippen LogP contribution is -2.34. The predicted octanol–water partition coefficient (Wildman–Crippen LogP) is 4.14. The van der Waals surface area contributed by atoms with Crippen molar-refractivity contribution in [2.45, 2.75) is 45.7 Å². The number of carbonyl (C=O) groups is 2. The highest BCUT2D eigenvalue weighted by molar-refractivity contribution is 6.02. The third-order valence-corrected chi connectivity index (χ3v) is 5.23. The van der Waals surface area contributed by atoms with E-state index in [0.717, 1.165) is 43.6 Å². The maximum absolute atomic E-state index is 12.9. The van der Waals surface area contributed by atoms with E-state index in [9.17, 15) is 9.59 Å². The summed E-state index contributed by atoms with van der Waals surface area (Å²) in [5.41, 5.74) is 3.17. The fourth-order valence-corrected chi connectivity index (χ4v) is 3.39. The van der Waals surface area contributed by atoms with Crippen LogP contribution >= 0.6 is 0 Å². The van der Waals surface area contributed by atoms with Crippen LogP contribution in [-0.4, -0.2) is 31.1 Å². The lowest BCUT2D eigenvalue weighted by atomic mass is 10.1. The minimum absolute atomic E-state index is 0.0970. The van der Waals surface area contributed by atoms with Gasteiger partial charge in [0, 0.05) is 37.1 Å². The van der Waals surface area contributed by atoms with Gasteiger partial charge in [-0.25, -0.2) is 4.79 Å². The Labute approximate surface area is 172 Å². The average Bonchev–Trinajstić information content (AvgIpc) is 3.27. The lowest BCUT2D eigenvalue weighted by Gasteiger charge is -2.23. The molecule has 0 spiro atoms. The molecule has 0 aromatic heterocycles. The number of rotatable bonds is 7. The number of hydrogen-bond donors (Lipinski definition) is 3. The van der Waals surface area contributed by atoms with E-state index in [1.54, 1.807) is 6.07 Å². The Bertz CT molecular complexity index is 832. The zero-order valence-electron chi connectivity index (χ0n) is 17.2. The standard InChI is InChI=1S/C23H30N4O2/c1-3-17(2)25-22(28)20-15-19(11-12-21(20)27-13-7-8-14-27)26-23(29)24-16-18-9-5-4-6-10-18/h4-6,9-12,15,17H,3,7-8,13-14,16H2,1-2H3,(H,25,28)(H2,24,26,29)/t17-/m0/s1. The van der Waals surface area contributed by atoms with E-state index in [4.69, 9.17) is 0 Å². The van der Waals surface area contributed by atoms with E-state index in [2.05, 4.69) is 20.9 Å².